The van der Waals surface area contributed by atoms with Crippen LogP contribution in [0.25, 0.3) is 0 Å². The Hall–Kier alpha value is -2.82. The van der Waals surface area contributed by atoms with E-state index in [1.165, 1.54) is 5.56 Å². The summed E-state index contributed by atoms with van der Waals surface area (Å²) in [4.78, 5) is 25.7. The molecule has 2 aromatic rings. The molecule has 148 valence electrons. The van der Waals surface area contributed by atoms with Crippen LogP contribution in [0.15, 0.2) is 42.5 Å². The lowest BCUT2D eigenvalue weighted by molar-refractivity contribution is -0.117. The fraction of sp³-hybridized carbons (Fsp3) is 0.391. The van der Waals surface area contributed by atoms with Crippen LogP contribution in [-0.2, 0) is 21.4 Å². The number of benzene rings is 2. The summed E-state index contributed by atoms with van der Waals surface area (Å²) >= 11 is 0. The first-order chi connectivity index (χ1) is 13.2. The maximum atomic E-state index is 12.3. The summed E-state index contributed by atoms with van der Waals surface area (Å²) in [6.45, 7) is 9.10. The number of fused-ring (bicyclic) bond motifs is 1. The molecule has 1 heterocycles. The van der Waals surface area contributed by atoms with Crippen LogP contribution in [0, 0.1) is 0 Å². The molecule has 1 N–H and O–H groups in total. The van der Waals surface area contributed by atoms with Gasteiger partial charge in [0.05, 0.1) is 12.2 Å². The predicted molar refractivity (Wildman–Crippen MR) is 112 cm³/mol. The van der Waals surface area contributed by atoms with Crippen molar-refractivity contribution in [2.75, 3.05) is 23.4 Å². The summed E-state index contributed by atoms with van der Waals surface area (Å²) < 4.78 is 5.65. The van der Waals surface area contributed by atoms with Crippen molar-refractivity contribution in [1.82, 2.24) is 0 Å². The minimum atomic E-state index is -0.0425. The van der Waals surface area contributed by atoms with Crippen LogP contribution in [0.2, 0.25) is 0 Å². The summed E-state index contributed by atoms with van der Waals surface area (Å²) in [5.41, 5.74) is 3.99. The van der Waals surface area contributed by atoms with Crippen molar-refractivity contribution in [3.05, 3.63) is 53.6 Å². The van der Waals surface area contributed by atoms with Crippen molar-refractivity contribution in [2.24, 2.45) is 0 Å². The van der Waals surface area contributed by atoms with Crippen LogP contribution >= 0.6 is 0 Å². The normalized spacial score (nSPS) is 13.5. The highest BCUT2D eigenvalue weighted by Gasteiger charge is 2.21. The Morgan fingerprint density at radius 1 is 1.11 bits per heavy atom. The SMILES string of the molecule is CC(=O)N1CCOc2cc(NC(=O)CCc3ccc(C(C)(C)C)cc3)ccc21. The molecule has 2 aromatic carbocycles. The number of rotatable bonds is 4. The summed E-state index contributed by atoms with van der Waals surface area (Å²) in [5, 5.41) is 2.92. The number of ether oxygens (including phenoxy) is 1. The van der Waals surface area contributed by atoms with Gasteiger partial charge in [0.2, 0.25) is 11.8 Å². The van der Waals surface area contributed by atoms with Crippen LogP contribution < -0.4 is 15.0 Å². The second-order valence-corrected chi connectivity index (χ2v) is 8.20. The largest absolute Gasteiger partial charge is 0.489 e. The van der Waals surface area contributed by atoms with E-state index in [1.54, 1.807) is 24.0 Å². The quantitative estimate of drug-likeness (QED) is 0.860. The number of carbonyl (C=O) groups excluding carboxylic acids is 2. The number of anilines is 2. The van der Waals surface area contributed by atoms with Crippen molar-refractivity contribution < 1.29 is 14.3 Å². The van der Waals surface area contributed by atoms with Crippen molar-refractivity contribution in [2.45, 2.75) is 46.0 Å². The highest BCUT2D eigenvalue weighted by molar-refractivity contribution is 5.95. The van der Waals surface area contributed by atoms with Gasteiger partial charge in [-0.05, 0) is 35.1 Å². The molecule has 0 aliphatic carbocycles. The smallest absolute Gasteiger partial charge is 0.224 e. The molecule has 28 heavy (non-hydrogen) atoms. The number of hydrogen-bond acceptors (Lipinski definition) is 3. The molecule has 0 saturated carbocycles. The summed E-state index contributed by atoms with van der Waals surface area (Å²) in [5.74, 6) is 0.565. The van der Waals surface area contributed by atoms with E-state index >= 15 is 0 Å². The molecule has 0 bridgehead atoms. The third kappa shape index (κ3) is 4.71. The van der Waals surface area contributed by atoms with Crippen molar-refractivity contribution in [1.29, 1.82) is 0 Å². The summed E-state index contributed by atoms with van der Waals surface area (Å²) in [6, 6.07) is 13.9. The standard InChI is InChI=1S/C23H28N2O3/c1-16(26)25-13-14-28-21-15-19(10-11-20(21)25)24-22(27)12-7-17-5-8-18(9-6-17)23(2,3)4/h5-6,8-11,15H,7,12-14H2,1-4H3,(H,24,27). The van der Waals surface area contributed by atoms with E-state index in [9.17, 15) is 9.59 Å². The first kappa shape index (κ1) is 19.9. The highest BCUT2D eigenvalue weighted by Crippen LogP contribution is 2.34. The molecule has 3 rings (SSSR count). The number of nitrogens with zero attached hydrogens (tertiary/aromatic N) is 1. The van der Waals surface area contributed by atoms with Crippen molar-refractivity contribution in [3.8, 4) is 5.75 Å². The van der Waals surface area contributed by atoms with E-state index in [1.807, 2.05) is 6.07 Å². The topological polar surface area (TPSA) is 58.6 Å². The second kappa shape index (κ2) is 8.05. The fourth-order valence-corrected chi connectivity index (χ4v) is 3.28. The highest BCUT2D eigenvalue weighted by atomic mass is 16.5. The van der Waals surface area contributed by atoms with Crippen LogP contribution in [0.1, 0.15) is 45.2 Å². The zero-order chi connectivity index (χ0) is 20.3. The average Bonchev–Trinajstić information content (AvgIpc) is 2.65. The zero-order valence-electron chi connectivity index (χ0n) is 17.0. The van der Waals surface area contributed by atoms with Crippen LogP contribution in [0.4, 0.5) is 11.4 Å². The lowest BCUT2D eigenvalue weighted by atomic mass is 9.86. The van der Waals surface area contributed by atoms with Gasteiger partial charge in [-0.3, -0.25) is 9.59 Å². The molecular weight excluding hydrogens is 352 g/mol. The van der Waals surface area contributed by atoms with E-state index in [0.29, 0.717) is 37.4 Å². The number of aryl methyl sites for hydroxylation is 1. The van der Waals surface area contributed by atoms with Gasteiger partial charge in [0, 0.05) is 25.1 Å². The number of amides is 2. The van der Waals surface area contributed by atoms with Gasteiger partial charge in [-0.2, -0.15) is 0 Å². The third-order valence-corrected chi connectivity index (χ3v) is 4.95. The number of carbonyl (C=O) groups is 2. The third-order valence-electron chi connectivity index (χ3n) is 4.95. The van der Waals surface area contributed by atoms with Crippen LogP contribution in [0.5, 0.6) is 5.75 Å². The van der Waals surface area contributed by atoms with Crippen LogP contribution in [-0.4, -0.2) is 25.0 Å². The molecule has 1 aliphatic heterocycles. The lowest BCUT2D eigenvalue weighted by Crippen LogP contribution is -2.36. The van der Waals surface area contributed by atoms with Gasteiger partial charge in [0.1, 0.15) is 12.4 Å². The molecule has 1 aliphatic rings. The molecule has 5 heteroatoms. The van der Waals surface area contributed by atoms with Gasteiger partial charge in [-0.1, -0.05) is 45.0 Å². The molecule has 2 amide bonds. The number of nitrogens with one attached hydrogen (secondary N) is 1. The zero-order valence-corrected chi connectivity index (χ0v) is 17.0. The van der Waals surface area contributed by atoms with Gasteiger partial charge in [-0.25, -0.2) is 0 Å². The second-order valence-electron chi connectivity index (χ2n) is 8.20. The Morgan fingerprint density at radius 3 is 2.46 bits per heavy atom. The molecule has 0 saturated heterocycles. The molecular formula is C23H28N2O3. The van der Waals surface area contributed by atoms with Crippen LogP contribution in [0.3, 0.4) is 0 Å². The maximum Gasteiger partial charge on any atom is 0.224 e. The first-order valence-corrected chi connectivity index (χ1v) is 9.68. The lowest BCUT2D eigenvalue weighted by Gasteiger charge is -2.29. The molecule has 0 spiro atoms. The van der Waals surface area contributed by atoms with Gasteiger partial charge < -0.3 is 15.0 Å². The first-order valence-electron chi connectivity index (χ1n) is 9.68. The van der Waals surface area contributed by atoms with Gasteiger partial charge in [0.25, 0.3) is 0 Å². The van der Waals surface area contributed by atoms with E-state index in [2.05, 4.69) is 50.4 Å². The molecule has 0 unspecified atom stereocenters. The fourth-order valence-electron chi connectivity index (χ4n) is 3.28. The van der Waals surface area contributed by atoms with E-state index in [4.69, 9.17) is 4.74 Å². The van der Waals surface area contributed by atoms with Gasteiger partial charge in [0.15, 0.2) is 0 Å². The summed E-state index contributed by atoms with van der Waals surface area (Å²) in [7, 11) is 0. The number of hydrogen-bond donors (Lipinski definition) is 1. The molecule has 0 radical (unpaired) electrons. The minimum Gasteiger partial charge on any atom is -0.489 e. The van der Waals surface area contributed by atoms with E-state index in [0.717, 1.165) is 11.3 Å². The maximum absolute atomic E-state index is 12.3. The van der Waals surface area contributed by atoms with E-state index < -0.39 is 0 Å². The Kier molecular flexibility index (Phi) is 5.73. The monoisotopic (exact) mass is 380 g/mol. The molecule has 0 aromatic heterocycles. The Morgan fingerprint density at radius 2 is 1.82 bits per heavy atom. The molecule has 0 fully saturated rings. The van der Waals surface area contributed by atoms with E-state index in [-0.39, 0.29) is 17.2 Å². The molecule has 0 atom stereocenters. The van der Waals surface area contributed by atoms with Crippen molar-refractivity contribution >= 4 is 23.2 Å². The predicted octanol–water partition coefficient (Wildman–Crippen LogP) is 4.30. The Balaban J connectivity index is 1.59. The van der Waals surface area contributed by atoms with Gasteiger partial charge in [-0.15, -0.1) is 0 Å². The molecule has 5 nitrogen and oxygen atoms in total. The minimum absolute atomic E-state index is 0.0150. The summed E-state index contributed by atoms with van der Waals surface area (Å²) in [6.07, 6.45) is 1.10. The Labute approximate surface area is 166 Å². The average molecular weight is 380 g/mol. The van der Waals surface area contributed by atoms with Crippen molar-refractivity contribution in [3.63, 3.8) is 0 Å². The Bertz CT molecular complexity index is 866. The van der Waals surface area contributed by atoms with Gasteiger partial charge >= 0.3 is 0 Å².